The number of hydrogen-bond donors (Lipinski definition) is 2. The predicted octanol–water partition coefficient (Wildman–Crippen LogP) is 5.61. The Morgan fingerprint density at radius 2 is 1.85 bits per heavy atom. The number of amidine groups is 1. The van der Waals surface area contributed by atoms with Gasteiger partial charge in [-0.2, -0.15) is 0 Å². The second-order valence-electron chi connectivity index (χ2n) is 11.8. The van der Waals surface area contributed by atoms with Crippen molar-refractivity contribution >= 4 is 58.5 Å². The van der Waals surface area contributed by atoms with Crippen LogP contribution in [-0.2, 0) is 9.59 Å². The van der Waals surface area contributed by atoms with Crippen molar-refractivity contribution in [3.05, 3.63) is 89.9 Å². The van der Waals surface area contributed by atoms with Crippen LogP contribution < -0.4 is 20.9 Å². The number of nitrogens with one attached hydrogen (secondary N) is 1. The van der Waals surface area contributed by atoms with E-state index in [1.807, 2.05) is 57.2 Å². The van der Waals surface area contributed by atoms with Gasteiger partial charge in [0.05, 0.1) is 30.0 Å². The number of nitrogens with zero attached hydrogens (tertiary/aromatic N) is 7. The van der Waals surface area contributed by atoms with Crippen LogP contribution in [0, 0.1) is 6.92 Å². The number of fused-ring (bicyclic) bond motifs is 1. The second kappa shape index (κ2) is 15.8. The molecule has 48 heavy (non-hydrogen) atoms. The summed E-state index contributed by atoms with van der Waals surface area (Å²) in [5, 5.41) is 2.91. The number of likely N-dealkylation sites (N-methyl/N-ethyl adjacent to an activating group) is 2. The van der Waals surface area contributed by atoms with Crippen molar-refractivity contribution in [3.8, 4) is 0 Å². The Kier molecular flexibility index (Phi) is 11.6. The van der Waals surface area contributed by atoms with E-state index in [1.165, 1.54) is 17.4 Å². The van der Waals surface area contributed by atoms with Gasteiger partial charge in [0.25, 0.3) is 5.91 Å². The highest BCUT2D eigenvalue weighted by Gasteiger charge is 2.34. The first-order chi connectivity index (χ1) is 22.9. The van der Waals surface area contributed by atoms with E-state index in [9.17, 15) is 14.4 Å². The standard InChI is InChI=1S/C36H43N9O3/c1-8-9-13-29-28-12-10-11-14-31(28)43(6)35(47)30(42-29)18-33(46)41-27-16-15-24(4)32(17-27)45-21-26(19-37)34(44(7)36(45)48)40-22-39-25(5)20-38-23(2)3/h8,10-12,14-17,19-20,22,30H,1,9,13,18,21,37H2,2-7H3,(H,41,46)/b25-20+,26-19-,39-22?,40-34?/t30-/m0/s1. The fraction of sp³-hybridized carbons (Fsp3) is 0.306. The van der Waals surface area contributed by atoms with E-state index < -0.39 is 6.04 Å². The summed E-state index contributed by atoms with van der Waals surface area (Å²) in [6.45, 7) is 11.4. The number of aryl methyl sites for hydroxylation is 1. The fourth-order valence-electron chi connectivity index (χ4n) is 5.31. The van der Waals surface area contributed by atoms with Crippen LogP contribution in [0.4, 0.5) is 21.9 Å². The maximum Gasteiger partial charge on any atom is 0.330 e. The largest absolute Gasteiger partial charge is 0.404 e. The molecule has 1 fully saturated rings. The first-order valence-electron chi connectivity index (χ1n) is 15.6. The highest BCUT2D eigenvalue weighted by atomic mass is 16.2. The molecular weight excluding hydrogens is 606 g/mol. The van der Waals surface area contributed by atoms with Gasteiger partial charge in [-0.25, -0.2) is 14.8 Å². The van der Waals surface area contributed by atoms with E-state index in [0.717, 1.165) is 28.2 Å². The van der Waals surface area contributed by atoms with E-state index >= 15 is 0 Å². The quantitative estimate of drug-likeness (QED) is 0.196. The Hall–Kier alpha value is -5.65. The minimum Gasteiger partial charge on any atom is -0.404 e. The van der Waals surface area contributed by atoms with Gasteiger partial charge in [-0.15, -0.1) is 6.58 Å². The van der Waals surface area contributed by atoms with E-state index in [0.29, 0.717) is 41.3 Å². The van der Waals surface area contributed by atoms with Crippen molar-refractivity contribution in [3.63, 3.8) is 0 Å². The molecule has 3 N–H and O–H groups in total. The van der Waals surface area contributed by atoms with Gasteiger partial charge in [0, 0.05) is 54.7 Å². The molecule has 4 amide bonds. The highest BCUT2D eigenvalue weighted by Crippen LogP contribution is 2.30. The lowest BCUT2D eigenvalue weighted by atomic mass is 10.0. The number of hydrogen-bond acceptors (Lipinski definition) is 7. The molecule has 0 bridgehead atoms. The number of para-hydroxylation sites is 1. The smallest absolute Gasteiger partial charge is 0.330 e. The summed E-state index contributed by atoms with van der Waals surface area (Å²) in [6.07, 6.45) is 7.37. The third-order valence-corrected chi connectivity index (χ3v) is 7.85. The van der Waals surface area contributed by atoms with Crippen LogP contribution in [0.25, 0.3) is 0 Å². The molecule has 2 aromatic rings. The normalized spacial score (nSPS) is 18.6. The van der Waals surface area contributed by atoms with Crippen molar-refractivity contribution in [2.75, 3.05) is 35.8 Å². The molecule has 4 rings (SSSR count). The van der Waals surface area contributed by atoms with Gasteiger partial charge in [0.15, 0.2) is 0 Å². The molecule has 1 saturated heterocycles. The van der Waals surface area contributed by atoms with Gasteiger partial charge in [-0.3, -0.25) is 29.4 Å². The number of carbonyl (C=O) groups excluding carboxylic acids is 3. The molecule has 2 aliphatic heterocycles. The molecule has 2 aliphatic rings. The minimum absolute atomic E-state index is 0.149. The molecule has 12 nitrogen and oxygen atoms in total. The third kappa shape index (κ3) is 8.19. The van der Waals surface area contributed by atoms with Gasteiger partial charge < -0.3 is 16.0 Å². The number of anilines is 3. The number of nitrogens with two attached hydrogens (primary N) is 1. The Labute approximate surface area is 281 Å². The third-order valence-electron chi connectivity index (χ3n) is 7.85. The molecule has 0 aromatic heterocycles. The zero-order valence-corrected chi connectivity index (χ0v) is 28.4. The molecular formula is C36H43N9O3. The van der Waals surface area contributed by atoms with E-state index in [1.54, 1.807) is 49.2 Å². The summed E-state index contributed by atoms with van der Waals surface area (Å²) in [4.78, 5) is 62.6. The number of allylic oxidation sites excluding steroid dienone is 2. The first kappa shape index (κ1) is 35.2. The molecule has 0 spiro atoms. The number of carbonyl (C=O) groups is 3. The van der Waals surface area contributed by atoms with Crippen molar-refractivity contribution in [2.24, 2.45) is 25.7 Å². The monoisotopic (exact) mass is 649 g/mol. The average Bonchev–Trinajstić information content (AvgIpc) is 3.16. The SMILES string of the molecule is C=CCCC1=N[C@@H](CC(=O)Nc2ccc(C)c(N3C/C(=C/N)C(=NC=N/C(C)=C/N=C(C)C)N(C)C3=O)c2)C(=O)N(C)c2ccccc21. The number of urea groups is 1. The van der Waals surface area contributed by atoms with Crippen molar-refractivity contribution in [1.82, 2.24) is 4.90 Å². The van der Waals surface area contributed by atoms with Crippen molar-refractivity contribution in [2.45, 2.75) is 53.0 Å². The van der Waals surface area contributed by atoms with Crippen LogP contribution >= 0.6 is 0 Å². The lowest BCUT2D eigenvalue weighted by Gasteiger charge is -2.36. The highest BCUT2D eigenvalue weighted by molar-refractivity contribution is 6.17. The Bertz CT molecular complexity index is 1780. The number of benzodiazepines with no additional fused rings is 1. The van der Waals surface area contributed by atoms with Crippen LogP contribution in [0.15, 0.2) is 98.8 Å². The molecule has 0 unspecified atom stereocenters. The summed E-state index contributed by atoms with van der Waals surface area (Å²) >= 11 is 0. The molecule has 1 atom stereocenters. The summed E-state index contributed by atoms with van der Waals surface area (Å²) in [6, 6.07) is 11.7. The van der Waals surface area contributed by atoms with E-state index in [4.69, 9.17) is 10.7 Å². The van der Waals surface area contributed by atoms with Gasteiger partial charge >= 0.3 is 6.03 Å². The van der Waals surface area contributed by atoms with Gasteiger partial charge in [-0.05, 0) is 64.3 Å². The number of rotatable bonds is 10. The van der Waals surface area contributed by atoms with E-state index in [-0.39, 0.29) is 30.8 Å². The average molecular weight is 650 g/mol. The molecule has 2 heterocycles. The Balaban J connectivity index is 1.53. The molecule has 0 saturated carbocycles. The molecule has 250 valence electrons. The number of benzene rings is 2. The number of aliphatic imine (C=N–C) groups is 4. The van der Waals surface area contributed by atoms with Crippen LogP contribution in [0.3, 0.4) is 0 Å². The second-order valence-corrected chi connectivity index (χ2v) is 11.8. The Morgan fingerprint density at radius 3 is 2.56 bits per heavy atom. The first-order valence-corrected chi connectivity index (χ1v) is 15.6. The van der Waals surface area contributed by atoms with Gasteiger partial charge in [0.2, 0.25) is 5.91 Å². The van der Waals surface area contributed by atoms with Crippen molar-refractivity contribution in [1.29, 1.82) is 0 Å². The molecule has 12 heteroatoms. The lowest BCUT2D eigenvalue weighted by molar-refractivity contribution is -0.123. The lowest BCUT2D eigenvalue weighted by Crippen LogP contribution is -2.52. The summed E-state index contributed by atoms with van der Waals surface area (Å²) in [5.41, 5.74) is 12.4. The van der Waals surface area contributed by atoms with Crippen LogP contribution in [0.2, 0.25) is 0 Å². The predicted molar refractivity (Wildman–Crippen MR) is 195 cm³/mol. The van der Waals surface area contributed by atoms with Crippen molar-refractivity contribution < 1.29 is 14.4 Å². The van der Waals surface area contributed by atoms with Crippen LogP contribution in [0.5, 0.6) is 0 Å². The summed E-state index contributed by atoms with van der Waals surface area (Å²) in [7, 11) is 3.31. The van der Waals surface area contributed by atoms with Gasteiger partial charge in [0.1, 0.15) is 18.2 Å². The minimum atomic E-state index is -0.897. The number of amides is 4. The zero-order valence-electron chi connectivity index (χ0n) is 28.4. The fourth-order valence-corrected chi connectivity index (χ4v) is 5.31. The van der Waals surface area contributed by atoms with Crippen LogP contribution in [0.1, 0.15) is 51.2 Å². The molecule has 0 radical (unpaired) electrons. The maximum absolute atomic E-state index is 13.6. The maximum atomic E-state index is 13.6. The summed E-state index contributed by atoms with van der Waals surface area (Å²) in [5.74, 6) is -0.269. The van der Waals surface area contributed by atoms with Crippen LogP contribution in [-0.4, -0.2) is 73.0 Å². The van der Waals surface area contributed by atoms with Gasteiger partial charge in [-0.1, -0.05) is 30.3 Å². The molecule has 2 aromatic carbocycles. The summed E-state index contributed by atoms with van der Waals surface area (Å²) < 4.78 is 0. The zero-order chi connectivity index (χ0) is 35.0. The Morgan fingerprint density at radius 1 is 1.10 bits per heavy atom. The molecule has 0 aliphatic carbocycles. The topological polar surface area (TPSA) is 148 Å². The van der Waals surface area contributed by atoms with E-state index in [2.05, 4.69) is 26.9 Å².